The number of hydrogen-bond acceptors (Lipinski definition) is 2. The van der Waals surface area contributed by atoms with Crippen molar-refractivity contribution >= 4 is 19.2 Å². The van der Waals surface area contributed by atoms with E-state index in [2.05, 4.69) is 57.3 Å². The molecular formula is C16H26O2Si. The van der Waals surface area contributed by atoms with Gasteiger partial charge >= 0.3 is 5.97 Å². The van der Waals surface area contributed by atoms with E-state index in [1.165, 1.54) is 12.3 Å². The van der Waals surface area contributed by atoms with Gasteiger partial charge in [-0.05, 0) is 17.9 Å². The topological polar surface area (TPSA) is 26.3 Å². The molecule has 0 bridgehead atoms. The van der Waals surface area contributed by atoms with Crippen LogP contribution in [-0.2, 0) is 9.53 Å². The summed E-state index contributed by atoms with van der Waals surface area (Å²) in [4.78, 5) is 11.3. The van der Waals surface area contributed by atoms with Crippen molar-refractivity contribution in [1.29, 1.82) is 0 Å². The van der Waals surface area contributed by atoms with Crippen LogP contribution in [0.15, 0.2) is 30.3 Å². The second-order valence-electron chi connectivity index (χ2n) is 6.11. The highest BCUT2D eigenvalue weighted by molar-refractivity contribution is 6.90. The third-order valence-electron chi connectivity index (χ3n) is 4.25. The molecule has 0 aliphatic carbocycles. The van der Waals surface area contributed by atoms with Crippen molar-refractivity contribution in [3.8, 4) is 0 Å². The minimum atomic E-state index is -1.46. The minimum Gasteiger partial charge on any atom is -0.469 e. The lowest BCUT2D eigenvalue weighted by Crippen LogP contribution is -2.45. The van der Waals surface area contributed by atoms with Crippen molar-refractivity contribution < 1.29 is 9.53 Å². The van der Waals surface area contributed by atoms with Gasteiger partial charge in [0.15, 0.2) is 0 Å². The van der Waals surface area contributed by atoms with Crippen LogP contribution < -0.4 is 5.19 Å². The van der Waals surface area contributed by atoms with Gasteiger partial charge in [0.25, 0.3) is 0 Å². The number of carbonyl (C=O) groups is 1. The lowest BCUT2D eigenvalue weighted by Gasteiger charge is -2.32. The lowest BCUT2D eigenvalue weighted by atomic mass is 10.0. The van der Waals surface area contributed by atoms with Gasteiger partial charge in [-0.3, -0.25) is 4.79 Å². The van der Waals surface area contributed by atoms with Gasteiger partial charge in [-0.2, -0.15) is 0 Å². The van der Waals surface area contributed by atoms with Crippen LogP contribution in [0.2, 0.25) is 18.6 Å². The summed E-state index contributed by atoms with van der Waals surface area (Å²) in [6.07, 6.45) is 1.61. The van der Waals surface area contributed by atoms with Crippen molar-refractivity contribution in [3.63, 3.8) is 0 Å². The van der Waals surface area contributed by atoms with Crippen molar-refractivity contribution in [2.45, 2.75) is 45.3 Å². The normalized spacial score (nSPS) is 14.8. The number of rotatable bonds is 6. The number of ether oxygens (including phenoxy) is 1. The highest BCUT2D eigenvalue weighted by Crippen LogP contribution is 2.29. The largest absolute Gasteiger partial charge is 0.469 e. The summed E-state index contributed by atoms with van der Waals surface area (Å²) < 4.78 is 4.75. The summed E-state index contributed by atoms with van der Waals surface area (Å²) >= 11 is 0. The Bertz CT molecular complexity index is 400. The highest BCUT2D eigenvalue weighted by atomic mass is 28.3. The van der Waals surface area contributed by atoms with E-state index >= 15 is 0 Å². The van der Waals surface area contributed by atoms with Crippen molar-refractivity contribution in [2.24, 2.45) is 5.92 Å². The molecule has 0 aliphatic rings. The fraction of sp³-hybridized carbons (Fsp3) is 0.562. The number of esters is 1. The van der Waals surface area contributed by atoms with E-state index in [1.807, 2.05) is 0 Å². The Morgan fingerprint density at radius 1 is 1.21 bits per heavy atom. The van der Waals surface area contributed by atoms with E-state index in [4.69, 9.17) is 4.74 Å². The predicted molar refractivity (Wildman–Crippen MR) is 83.4 cm³/mol. The van der Waals surface area contributed by atoms with Gasteiger partial charge in [0.2, 0.25) is 0 Å². The molecule has 0 saturated heterocycles. The summed E-state index contributed by atoms with van der Waals surface area (Å²) in [5.74, 6) is 0.289. The Hall–Kier alpha value is -1.09. The highest BCUT2D eigenvalue weighted by Gasteiger charge is 2.31. The Labute approximate surface area is 118 Å². The smallest absolute Gasteiger partial charge is 0.305 e. The molecule has 0 spiro atoms. The second-order valence-corrected chi connectivity index (χ2v) is 11.1. The Balaban J connectivity index is 2.66. The number of hydrogen-bond donors (Lipinski definition) is 0. The molecule has 0 unspecified atom stereocenters. The standard InChI is InChI=1S/C16H26O2Si/c1-13(12-16(17)18-3)11-14(2)19(4,5)15-9-7-6-8-10-15/h6-10,13-14H,11-12H2,1-5H3/t13-,14+/m1/s1. The van der Waals surface area contributed by atoms with Gasteiger partial charge in [-0.15, -0.1) is 0 Å². The first-order chi connectivity index (χ1) is 8.87. The SMILES string of the molecule is COC(=O)C[C@H](C)C[C@H](C)[Si](C)(C)c1ccccc1. The van der Waals surface area contributed by atoms with E-state index in [0.29, 0.717) is 17.9 Å². The molecule has 2 atom stereocenters. The van der Waals surface area contributed by atoms with Crippen LogP contribution in [0.3, 0.4) is 0 Å². The Morgan fingerprint density at radius 3 is 2.32 bits per heavy atom. The fourth-order valence-electron chi connectivity index (χ4n) is 2.50. The molecule has 0 radical (unpaired) electrons. The van der Waals surface area contributed by atoms with E-state index in [1.54, 1.807) is 0 Å². The quantitative estimate of drug-likeness (QED) is 0.587. The van der Waals surface area contributed by atoms with Crippen LogP contribution >= 0.6 is 0 Å². The maximum atomic E-state index is 11.3. The summed E-state index contributed by atoms with van der Waals surface area (Å²) in [7, 11) is 0.000522. The molecule has 3 heteroatoms. The van der Waals surface area contributed by atoms with Crippen LogP contribution in [0.4, 0.5) is 0 Å². The third-order valence-corrected chi connectivity index (χ3v) is 8.77. The molecule has 1 aromatic carbocycles. The van der Waals surface area contributed by atoms with Gasteiger partial charge in [-0.25, -0.2) is 0 Å². The number of carbonyl (C=O) groups excluding carboxylic acids is 1. The van der Waals surface area contributed by atoms with Gasteiger partial charge < -0.3 is 4.74 Å². The zero-order valence-electron chi connectivity index (χ0n) is 12.8. The molecule has 1 rings (SSSR count). The summed E-state index contributed by atoms with van der Waals surface area (Å²) in [6, 6.07) is 10.8. The molecule has 1 aromatic rings. The zero-order chi connectivity index (χ0) is 14.5. The molecule has 0 amide bonds. The summed E-state index contributed by atoms with van der Waals surface area (Å²) in [5.41, 5.74) is 0.648. The Morgan fingerprint density at radius 2 is 1.79 bits per heavy atom. The third kappa shape index (κ3) is 4.50. The van der Waals surface area contributed by atoms with Crippen LogP contribution in [-0.4, -0.2) is 21.2 Å². The molecule has 0 fully saturated rings. The molecular weight excluding hydrogens is 252 g/mol. The van der Waals surface area contributed by atoms with E-state index < -0.39 is 8.07 Å². The maximum Gasteiger partial charge on any atom is 0.305 e. The van der Waals surface area contributed by atoms with Gasteiger partial charge in [0.05, 0.1) is 15.2 Å². The van der Waals surface area contributed by atoms with Gasteiger partial charge in [0, 0.05) is 6.42 Å². The first kappa shape index (κ1) is 16.0. The van der Waals surface area contributed by atoms with Crippen molar-refractivity contribution in [3.05, 3.63) is 30.3 Å². The minimum absolute atomic E-state index is 0.0983. The zero-order valence-corrected chi connectivity index (χ0v) is 13.8. The summed E-state index contributed by atoms with van der Waals surface area (Å²) in [6.45, 7) is 9.30. The molecule has 2 nitrogen and oxygen atoms in total. The molecule has 0 N–H and O–H groups in total. The first-order valence-electron chi connectivity index (χ1n) is 7.00. The van der Waals surface area contributed by atoms with E-state index in [0.717, 1.165) is 6.42 Å². The molecule has 106 valence electrons. The van der Waals surface area contributed by atoms with Gasteiger partial charge in [0.1, 0.15) is 0 Å². The lowest BCUT2D eigenvalue weighted by molar-refractivity contribution is -0.141. The van der Waals surface area contributed by atoms with E-state index in [-0.39, 0.29) is 5.97 Å². The average molecular weight is 278 g/mol. The van der Waals surface area contributed by atoms with Crippen molar-refractivity contribution in [1.82, 2.24) is 0 Å². The van der Waals surface area contributed by atoms with Crippen LogP contribution in [0.5, 0.6) is 0 Å². The van der Waals surface area contributed by atoms with Crippen molar-refractivity contribution in [2.75, 3.05) is 7.11 Å². The molecule has 0 heterocycles. The van der Waals surface area contributed by atoms with Crippen LogP contribution in [0.1, 0.15) is 26.7 Å². The van der Waals surface area contributed by atoms with Crippen LogP contribution in [0.25, 0.3) is 0 Å². The number of benzene rings is 1. The first-order valence-corrected chi connectivity index (χ1v) is 10.1. The van der Waals surface area contributed by atoms with Gasteiger partial charge in [-0.1, -0.05) is 62.5 Å². The molecule has 0 saturated carbocycles. The Kier molecular flexibility index (Phi) is 5.79. The molecule has 0 aliphatic heterocycles. The molecule has 0 aromatic heterocycles. The molecule has 19 heavy (non-hydrogen) atoms. The number of methoxy groups -OCH3 is 1. The maximum absolute atomic E-state index is 11.3. The fourth-order valence-corrected chi connectivity index (χ4v) is 5.11. The van der Waals surface area contributed by atoms with Crippen LogP contribution in [0, 0.1) is 5.92 Å². The average Bonchev–Trinajstić information content (AvgIpc) is 2.39. The summed E-state index contributed by atoms with van der Waals surface area (Å²) in [5, 5.41) is 1.49. The predicted octanol–water partition coefficient (Wildman–Crippen LogP) is 3.58. The monoisotopic (exact) mass is 278 g/mol. The second kappa shape index (κ2) is 6.90. The van der Waals surface area contributed by atoms with E-state index in [9.17, 15) is 4.79 Å².